The summed E-state index contributed by atoms with van der Waals surface area (Å²) < 4.78 is 13.0. The first kappa shape index (κ1) is 14.0. The van der Waals surface area contributed by atoms with Crippen LogP contribution in [0.2, 0.25) is 0 Å². The van der Waals surface area contributed by atoms with E-state index in [-0.39, 0.29) is 11.5 Å². The number of aromatic nitrogens is 1. The van der Waals surface area contributed by atoms with Gasteiger partial charge in [-0.05, 0) is 48.7 Å². The molecule has 0 atom stereocenters. The average Bonchev–Trinajstić information content (AvgIpc) is 2.41. The first-order valence-corrected chi connectivity index (χ1v) is 6.25. The number of hydrogen-bond acceptors (Lipinski definition) is 3. The molecule has 1 heterocycles. The molecule has 2 N–H and O–H groups in total. The molecule has 2 aromatic rings. The van der Waals surface area contributed by atoms with Gasteiger partial charge < -0.3 is 10.4 Å². The molecule has 1 aromatic carbocycles. The molecule has 20 heavy (non-hydrogen) atoms. The second kappa shape index (κ2) is 6.14. The van der Waals surface area contributed by atoms with Crippen LogP contribution in [0.5, 0.6) is 0 Å². The molecule has 0 aliphatic carbocycles. The number of carbonyl (C=O) groups is 1. The van der Waals surface area contributed by atoms with Gasteiger partial charge in [-0.2, -0.15) is 0 Å². The third kappa shape index (κ3) is 3.54. The minimum Gasteiger partial charge on any atom is -0.477 e. The number of aryl methyl sites for hydroxylation is 1. The molecule has 0 unspecified atom stereocenters. The van der Waals surface area contributed by atoms with E-state index >= 15 is 0 Å². The van der Waals surface area contributed by atoms with Crippen molar-refractivity contribution >= 4 is 11.8 Å². The topological polar surface area (TPSA) is 62.2 Å². The number of pyridine rings is 1. The molecule has 0 radical (unpaired) electrons. The van der Waals surface area contributed by atoms with Crippen molar-refractivity contribution in [3.05, 3.63) is 59.0 Å². The van der Waals surface area contributed by atoms with E-state index in [0.717, 1.165) is 11.1 Å². The summed E-state index contributed by atoms with van der Waals surface area (Å²) in [6.07, 6.45) is 0.713. The van der Waals surface area contributed by atoms with Gasteiger partial charge in [-0.3, -0.25) is 0 Å². The van der Waals surface area contributed by atoms with Crippen LogP contribution in [0, 0.1) is 12.7 Å². The number of aromatic carboxylic acids is 1. The molecule has 0 aliphatic heterocycles. The standard InChI is InChI=1S/C15H15FN2O2/c1-10-9-12(16)6-5-11(10)7-8-17-14-4-2-3-13(18-14)15(19)20/h2-6,9H,7-8H2,1H3,(H,17,18)(H,19,20). The van der Waals surface area contributed by atoms with Gasteiger partial charge in [0.15, 0.2) is 5.69 Å². The minimum atomic E-state index is -1.05. The lowest BCUT2D eigenvalue weighted by molar-refractivity contribution is 0.0690. The summed E-state index contributed by atoms with van der Waals surface area (Å²) in [7, 11) is 0. The normalized spacial score (nSPS) is 10.3. The van der Waals surface area contributed by atoms with Crippen molar-refractivity contribution in [3.63, 3.8) is 0 Å². The average molecular weight is 274 g/mol. The SMILES string of the molecule is Cc1cc(F)ccc1CCNc1cccc(C(=O)O)n1. The number of halogens is 1. The Morgan fingerprint density at radius 1 is 1.35 bits per heavy atom. The number of nitrogens with zero attached hydrogens (tertiary/aromatic N) is 1. The van der Waals surface area contributed by atoms with Crippen molar-refractivity contribution in [3.8, 4) is 0 Å². The van der Waals surface area contributed by atoms with Gasteiger partial charge in [0, 0.05) is 6.54 Å². The predicted octanol–water partition coefficient (Wildman–Crippen LogP) is 2.88. The number of benzene rings is 1. The molecule has 0 fully saturated rings. The molecular formula is C15H15FN2O2. The zero-order chi connectivity index (χ0) is 14.5. The van der Waals surface area contributed by atoms with Crippen LogP contribution in [0.15, 0.2) is 36.4 Å². The summed E-state index contributed by atoms with van der Waals surface area (Å²) in [5.41, 5.74) is 1.96. The third-order valence-electron chi connectivity index (χ3n) is 2.97. The van der Waals surface area contributed by atoms with E-state index in [2.05, 4.69) is 10.3 Å². The summed E-state index contributed by atoms with van der Waals surface area (Å²) >= 11 is 0. The fourth-order valence-electron chi connectivity index (χ4n) is 1.92. The van der Waals surface area contributed by atoms with Crippen LogP contribution in [0.4, 0.5) is 10.2 Å². The maximum atomic E-state index is 13.0. The molecule has 0 bridgehead atoms. The predicted molar refractivity (Wildman–Crippen MR) is 74.5 cm³/mol. The van der Waals surface area contributed by atoms with Crippen molar-refractivity contribution < 1.29 is 14.3 Å². The van der Waals surface area contributed by atoms with E-state index in [1.165, 1.54) is 18.2 Å². The lowest BCUT2D eigenvalue weighted by Gasteiger charge is -2.08. The van der Waals surface area contributed by atoms with E-state index in [0.29, 0.717) is 18.8 Å². The minimum absolute atomic E-state index is 0.00737. The van der Waals surface area contributed by atoms with E-state index < -0.39 is 5.97 Å². The van der Waals surface area contributed by atoms with Crippen molar-refractivity contribution in [2.45, 2.75) is 13.3 Å². The number of carboxylic acid groups (broad SMARTS) is 1. The fraction of sp³-hybridized carbons (Fsp3) is 0.200. The van der Waals surface area contributed by atoms with E-state index in [4.69, 9.17) is 5.11 Å². The maximum Gasteiger partial charge on any atom is 0.354 e. The molecule has 0 saturated carbocycles. The van der Waals surface area contributed by atoms with E-state index in [1.807, 2.05) is 6.92 Å². The Labute approximate surface area is 116 Å². The number of anilines is 1. The quantitative estimate of drug-likeness (QED) is 0.880. The lowest BCUT2D eigenvalue weighted by Crippen LogP contribution is -2.09. The highest BCUT2D eigenvalue weighted by Crippen LogP contribution is 2.11. The Balaban J connectivity index is 1.96. The van der Waals surface area contributed by atoms with Gasteiger partial charge in [0.2, 0.25) is 0 Å². The van der Waals surface area contributed by atoms with Crippen LogP contribution in [0.3, 0.4) is 0 Å². The molecular weight excluding hydrogens is 259 g/mol. The Morgan fingerprint density at radius 3 is 2.85 bits per heavy atom. The van der Waals surface area contributed by atoms with Crippen LogP contribution in [-0.2, 0) is 6.42 Å². The Kier molecular flexibility index (Phi) is 4.30. The van der Waals surface area contributed by atoms with Crippen LogP contribution in [0.1, 0.15) is 21.6 Å². The molecule has 0 saturated heterocycles. The lowest BCUT2D eigenvalue weighted by atomic mass is 10.1. The Hall–Kier alpha value is -2.43. The fourth-order valence-corrected chi connectivity index (χ4v) is 1.92. The molecule has 0 amide bonds. The van der Waals surface area contributed by atoms with Gasteiger partial charge >= 0.3 is 5.97 Å². The van der Waals surface area contributed by atoms with Crippen molar-refractivity contribution in [2.75, 3.05) is 11.9 Å². The van der Waals surface area contributed by atoms with Crippen LogP contribution >= 0.6 is 0 Å². The van der Waals surface area contributed by atoms with Gasteiger partial charge in [0.05, 0.1) is 0 Å². The first-order chi connectivity index (χ1) is 9.56. The molecule has 2 rings (SSSR count). The zero-order valence-corrected chi connectivity index (χ0v) is 11.1. The number of nitrogens with one attached hydrogen (secondary N) is 1. The highest BCUT2D eigenvalue weighted by Gasteiger charge is 2.05. The second-order valence-corrected chi connectivity index (χ2v) is 4.46. The van der Waals surface area contributed by atoms with Gasteiger partial charge in [0.1, 0.15) is 11.6 Å². The Bertz CT molecular complexity index is 629. The van der Waals surface area contributed by atoms with E-state index in [1.54, 1.807) is 18.2 Å². The van der Waals surface area contributed by atoms with Crippen LogP contribution in [0.25, 0.3) is 0 Å². The van der Waals surface area contributed by atoms with Crippen LogP contribution in [-0.4, -0.2) is 22.6 Å². The molecule has 0 spiro atoms. The third-order valence-corrected chi connectivity index (χ3v) is 2.97. The smallest absolute Gasteiger partial charge is 0.354 e. The summed E-state index contributed by atoms with van der Waals surface area (Å²) in [6, 6.07) is 9.49. The zero-order valence-electron chi connectivity index (χ0n) is 11.1. The maximum absolute atomic E-state index is 13.0. The summed E-state index contributed by atoms with van der Waals surface area (Å²) in [6.45, 7) is 2.46. The molecule has 104 valence electrons. The van der Waals surface area contributed by atoms with E-state index in [9.17, 15) is 9.18 Å². The number of hydrogen-bond donors (Lipinski definition) is 2. The number of carboxylic acids is 1. The largest absolute Gasteiger partial charge is 0.477 e. The second-order valence-electron chi connectivity index (χ2n) is 4.46. The Morgan fingerprint density at radius 2 is 2.15 bits per heavy atom. The van der Waals surface area contributed by atoms with Crippen molar-refractivity contribution in [1.82, 2.24) is 4.98 Å². The summed E-state index contributed by atoms with van der Waals surface area (Å²) in [4.78, 5) is 14.8. The molecule has 4 nitrogen and oxygen atoms in total. The van der Waals surface area contributed by atoms with Gasteiger partial charge in [-0.1, -0.05) is 12.1 Å². The highest BCUT2D eigenvalue weighted by molar-refractivity contribution is 5.85. The highest BCUT2D eigenvalue weighted by atomic mass is 19.1. The monoisotopic (exact) mass is 274 g/mol. The van der Waals surface area contributed by atoms with Crippen molar-refractivity contribution in [2.24, 2.45) is 0 Å². The van der Waals surface area contributed by atoms with Gasteiger partial charge in [-0.25, -0.2) is 14.2 Å². The molecule has 5 heteroatoms. The summed E-state index contributed by atoms with van der Waals surface area (Å²) in [5.74, 6) is -0.775. The van der Waals surface area contributed by atoms with Crippen molar-refractivity contribution in [1.29, 1.82) is 0 Å². The summed E-state index contributed by atoms with van der Waals surface area (Å²) in [5, 5.41) is 11.9. The van der Waals surface area contributed by atoms with Crippen LogP contribution < -0.4 is 5.32 Å². The number of rotatable bonds is 5. The van der Waals surface area contributed by atoms with Gasteiger partial charge in [0.25, 0.3) is 0 Å². The molecule has 1 aromatic heterocycles. The van der Waals surface area contributed by atoms with Gasteiger partial charge in [-0.15, -0.1) is 0 Å². The first-order valence-electron chi connectivity index (χ1n) is 6.25. The molecule has 0 aliphatic rings.